The molecular weight excluding hydrogens is 422 g/mol. The molecule has 0 radical (unpaired) electrons. The fraction of sp³-hybridized carbons (Fsp3) is 0.273. The van der Waals surface area contributed by atoms with Gasteiger partial charge in [0.15, 0.2) is 5.43 Å². The Morgan fingerprint density at radius 3 is 2.61 bits per heavy atom. The van der Waals surface area contributed by atoms with Gasteiger partial charge in [-0.25, -0.2) is 0 Å². The first-order chi connectivity index (χ1) is 13.6. The normalized spacial score (nSPS) is 16.0. The lowest BCUT2D eigenvalue weighted by Crippen LogP contribution is -2.31. The van der Waals surface area contributed by atoms with Crippen molar-refractivity contribution in [1.82, 2.24) is 4.90 Å². The molecule has 0 saturated carbocycles. The number of hydrogen-bond donors (Lipinski definition) is 0. The van der Waals surface area contributed by atoms with Gasteiger partial charge < -0.3 is 14.1 Å². The number of para-hydroxylation sites is 1. The van der Waals surface area contributed by atoms with Crippen molar-refractivity contribution in [3.05, 3.63) is 80.1 Å². The highest BCUT2D eigenvalue weighted by atomic mass is 79.9. The van der Waals surface area contributed by atoms with Crippen LogP contribution in [0.1, 0.15) is 41.1 Å². The molecule has 0 N–H and O–H groups in total. The van der Waals surface area contributed by atoms with Crippen LogP contribution >= 0.6 is 15.9 Å². The molecule has 144 valence electrons. The molecule has 0 aliphatic carbocycles. The Morgan fingerprint density at radius 2 is 1.86 bits per heavy atom. The number of carbonyl (C=O) groups excluding carboxylic acids is 1. The molecule has 1 amide bonds. The van der Waals surface area contributed by atoms with Crippen molar-refractivity contribution in [2.45, 2.75) is 19.4 Å². The number of ether oxygens (including phenoxy) is 1. The number of halogens is 1. The van der Waals surface area contributed by atoms with Crippen molar-refractivity contribution in [2.75, 3.05) is 19.8 Å². The van der Waals surface area contributed by atoms with Gasteiger partial charge in [0, 0.05) is 24.2 Å². The summed E-state index contributed by atoms with van der Waals surface area (Å²) in [6, 6.07) is 14.3. The summed E-state index contributed by atoms with van der Waals surface area (Å²) in [6.45, 7) is 3.62. The second kappa shape index (κ2) is 7.89. The third-order valence-corrected chi connectivity index (χ3v) is 5.48. The summed E-state index contributed by atoms with van der Waals surface area (Å²) in [5, 5.41) is 0.493. The van der Waals surface area contributed by atoms with E-state index in [4.69, 9.17) is 9.15 Å². The number of fused-ring (bicyclic) bond motifs is 2. The minimum atomic E-state index is -0.460. The van der Waals surface area contributed by atoms with E-state index in [0.717, 1.165) is 10.0 Å². The second-order valence-electron chi connectivity index (χ2n) is 6.67. The fourth-order valence-corrected chi connectivity index (χ4v) is 3.94. The minimum absolute atomic E-state index is 0.146. The first kappa shape index (κ1) is 18.9. The Balaban J connectivity index is 1.84. The molecule has 2 aromatic carbocycles. The molecule has 1 aliphatic rings. The standard InChI is InChI=1S/C22H20BrNO4/c1-2-27-13-5-12-24-19(14-8-10-15(23)11-9-14)18-20(25)16-6-3-4-7-17(16)28-21(18)22(24)26/h3-4,6-11,19H,2,5,12-13H2,1H3. The molecular formula is C22H20BrNO4. The quantitative estimate of drug-likeness (QED) is 0.527. The molecule has 0 spiro atoms. The molecule has 3 aromatic rings. The van der Waals surface area contributed by atoms with Crippen LogP contribution in [0.25, 0.3) is 11.0 Å². The van der Waals surface area contributed by atoms with Gasteiger partial charge in [-0.05, 0) is 43.2 Å². The maximum absolute atomic E-state index is 13.3. The average Bonchev–Trinajstić information content (AvgIpc) is 2.98. The molecule has 0 bridgehead atoms. The van der Waals surface area contributed by atoms with Crippen LogP contribution in [0.15, 0.2) is 62.2 Å². The summed E-state index contributed by atoms with van der Waals surface area (Å²) in [5.41, 5.74) is 1.59. The van der Waals surface area contributed by atoms with Gasteiger partial charge in [0.1, 0.15) is 5.58 Å². The number of nitrogens with zero attached hydrogens (tertiary/aromatic N) is 1. The van der Waals surface area contributed by atoms with E-state index in [2.05, 4.69) is 15.9 Å². The zero-order chi connectivity index (χ0) is 19.7. The fourth-order valence-electron chi connectivity index (χ4n) is 3.67. The first-order valence-corrected chi connectivity index (χ1v) is 10.1. The van der Waals surface area contributed by atoms with Crippen LogP contribution in [0, 0.1) is 0 Å². The number of benzene rings is 2. The van der Waals surface area contributed by atoms with Crippen LogP contribution in [0.5, 0.6) is 0 Å². The van der Waals surface area contributed by atoms with Gasteiger partial charge in [-0.2, -0.15) is 0 Å². The largest absolute Gasteiger partial charge is 0.450 e. The van der Waals surface area contributed by atoms with Gasteiger partial charge in [0.25, 0.3) is 5.91 Å². The van der Waals surface area contributed by atoms with E-state index in [0.29, 0.717) is 42.7 Å². The van der Waals surface area contributed by atoms with Crippen molar-refractivity contribution in [1.29, 1.82) is 0 Å². The summed E-state index contributed by atoms with van der Waals surface area (Å²) in [7, 11) is 0. The predicted octanol–water partition coefficient (Wildman–Crippen LogP) is 4.53. The Kier molecular flexibility index (Phi) is 5.33. The first-order valence-electron chi connectivity index (χ1n) is 9.31. The summed E-state index contributed by atoms with van der Waals surface area (Å²) in [6.07, 6.45) is 0.689. The highest BCUT2D eigenvalue weighted by molar-refractivity contribution is 9.10. The molecule has 2 heterocycles. The van der Waals surface area contributed by atoms with Crippen molar-refractivity contribution in [3.63, 3.8) is 0 Å². The van der Waals surface area contributed by atoms with Gasteiger partial charge in [0.2, 0.25) is 5.76 Å². The monoisotopic (exact) mass is 441 g/mol. The molecule has 1 unspecified atom stereocenters. The van der Waals surface area contributed by atoms with Crippen molar-refractivity contribution in [2.24, 2.45) is 0 Å². The zero-order valence-corrected chi connectivity index (χ0v) is 17.1. The van der Waals surface area contributed by atoms with Gasteiger partial charge in [-0.3, -0.25) is 9.59 Å². The van der Waals surface area contributed by atoms with E-state index in [1.165, 1.54) is 0 Å². The lowest BCUT2D eigenvalue weighted by molar-refractivity contribution is 0.0696. The average molecular weight is 442 g/mol. The van der Waals surface area contributed by atoms with Gasteiger partial charge in [-0.1, -0.05) is 40.2 Å². The van der Waals surface area contributed by atoms with E-state index in [-0.39, 0.29) is 17.1 Å². The van der Waals surface area contributed by atoms with Gasteiger partial charge in [-0.15, -0.1) is 0 Å². The summed E-state index contributed by atoms with van der Waals surface area (Å²) >= 11 is 3.44. The zero-order valence-electron chi connectivity index (χ0n) is 15.5. The van der Waals surface area contributed by atoms with Crippen LogP contribution < -0.4 is 5.43 Å². The molecule has 0 saturated heterocycles. The number of amides is 1. The third kappa shape index (κ3) is 3.27. The SMILES string of the molecule is CCOCCCN1C(=O)c2oc3ccccc3c(=O)c2C1c1ccc(Br)cc1. The van der Waals surface area contributed by atoms with Crippen LogP contribution in [-0.4, -0.2) is 30.6 Å². The summed E-state index contributed by atoms with van der Waals surface area (Å²) in [4.78, 5) is 28.1. The highest BCUT2D eigenvalue weighted by Crippen LogP contribution is 2.38. The van der Waals surface area contributed by atoms with Crippen LogP contribution in [-0.2, 0) is 4.74 Å². The molecule has 1 aliphatic heterocycles. The predicted molar refractivity (Wildman–Crippen MR) is 111 cm³/mol. The molecule has 28 heavy (non-hydrogen) atoms. The molecule has 1 atom stereocenters. The van der Waals surface area contributed by atoms with E-state index in [9.17, 15) is 9.59 Å². The van der Waals surface area contributed by atoms with Crippen LogP contribution in [0.3, 0.4) is 0 Å². The molecule has 5 nitrogen and oxygen atoms in total. The number of carbonyl (C=O) groups is 1. The van der Waals surface area contributed by atoms with Gasteiger partial charge >= 0.3 is 0 Å². The van der Waals surface area contributed by atoms with Crippen molar-refractivity contribution in [3.8, 4) is 0 Å². The molecule has 1 aromatic heterocycles. The Morgan fingerprint density at radius 1 is 1.11 bits per heavy atom. The maximum atomic E-state index is 13.3. The Hall–Kier alpha value is -2.44. The van der Waals surface area contributed by atoms with E-state index >= 15 is 0 Å². The van der Waals surface area contributed by atoms with E-state index in [1.54, 1.807) is 29.2 Å². The van der Waals surface area contributed by atoms with Crippen molar-refractivity contribution < 1.29 is 13.9 Å². The number of hydrogen-bond acceptors (Lipinski definition) is 4. The third-order valence-electron chi connectivity index (χ3n) is 4.95. The van der Waals surface area contributed by atoms with Crippen LogP contribution in [0.4, 0.5) is 0 Å². The Bertz CT molecular complexity index is 1070. The Labute approximate surface area is 171 Å². The number of rotatable bonds is 6. The lowest BCUT2D eigenvalue weighted by Gasteiger charge is -2.25. The minimum Gasteiger partial charge on any atom is -0.450 e. The topological polar surface area (TPSA) is 59.8 Å². The maximum Gasteiger partial charge on any atom is 0.290 e. The summed E-state index contributed by atoms with van der Waals surface area (Å²) < 4.78 is 12.3. The summed E-state index contributed by atoms with van der Waals surface area (Å²) in [5.74, 6) is -0.102. The van der Waals surface area contributed by atoms with Gasteiger partial charge in [0.05, 0.1) is 17.0 Å². The smallest absolute Gasteiger partial charge is 0.290 e. The second-order valence-corrected chi connectivity index (χ2v) is 7.59. The molecule has 0 fully saturated rings. The highest BCUT2D eigenvalue weighted by Gasteiger charge is 2.42. The van der Waals surface area contributed by atoms with Crippen molar-refractivity contribution >= 4 is 32.8 Å². The van der Waals surface area contributed by atoms with E-state index < -0.39 is 6.04 Å². The lowest BCUT2D eigenvalue weighted by atomic mass is 9.98. The van der Waals surface area contributed by atoms with E-state index in [1.807, 2.05) is 31.2 Å². The molecule has 4 rings (SSSR count). The molecule has 6 heteroatoms. The van der Waals surface area contributed by atoms with Crippen LogP contribution in [0.2, 0.25) is 0 Å².